The van der Waals surface area contributed by atoms with Gasteiger partial charge in [0.2, 0.25) is 0 Å². The van der Waals surface area contributed by atoms with Crippen LogP contribution in [0.3, 0.4) is 0 Å². The van der Waals surface area contributed by atoms with Crippen molar-refractivity contribution in [3.05, 3.63) is 112 Å². The van der Waals surface area contributed by atoms with E-state index in [9.17, 15) is 15.3 Å². The van der Waals surface area contributed by atoms with E-state index in [1.165, 1.54) is 0 Å². The molecule has 0 bridgehead atoms. The highest BCUT2D eigenvalue weighted by Crippen LogP contribution is 2.46. The first-order valence-corrected chi connectivity index (χ1v) is 11.7. The summed E-state index contributed by atoms with van der Waals surface area (Å²) in [6, 6.07) is 24.1. The van der Waals surface area contributed by atoms with E-state index in [0.29, 0.717) is 11.5 Å². The molecule has 0 aliphatic carbocycles. The van der Waals surface area contributed by atoms with Crippen molar-refractivity contribution in [2.75, 3.05) is 0 Å². The molecule has 0 saturated heterocycles. The van der Waals surface area contributed by atoms with Gasteiger partial charge in [-0.1, -0.05) is 67.6 Å². The highest BCUT2D eigenvalue weighted by atomic mass is 16.3. The van der Waals surface area contributed by atoms with Gasteiger partial charge in [0, 0.05) is 5.41 Å². The Labute approximate surface area is 202 Å². The minimum absolute atomic E-state index is 0.251. The first-order valence-electron chi connectivity index (χ1n) is 11.7. The van der Waals surface area contributed by atoms with Crippen LogP contribution in [0.5, 0.6) is 17.2 Å². The van der Waals surface area contributed by atoms with Crippen LogP contribution in [0.15, 0.2) is 72.8 Å². The van der Waals surface area contributed by atoms with Crippen LogP contribution >= 0.6 is 0 Å². The summed E-state index contributed by atoms with van der Waals surface area (Å²) in [6.07, 6.45) is 0.804. The average Bonchev–Trinajstić information content (AvgIpc) is 2.82. The SMILES string of the molecule is CCC(c1ccc(-c2ccc(O)cc2)cc1)(c1cc(C)c(O)c(C)c1)c1cc(C)c(O)c(C)c1. The summed E-state index contributed by atoms with van der Waals surface area (Å²) < 4.78 is 0. The molecule has 4 aromatic rings. The molecule has 0 aromatic heterocycles. The minimum Gasteiger partial charge on any atom is -0.508 e. The second-order valence-corrected chi connectivity index (χ2v) is 9.30. The number of phenols is 3. The van der Waals surface area contributed by atoms with Gasteiger partial charge in [0.25, 0.3) is 0 Å². The van der Waals surface area contributed by atoms with Crippen LogP contribution in [0.1, 0.15) is 52.3 Å². The third kappa shape index (κ3) is 3.92. The molecule has 3 nitrogen and oxygen atoms in total. The van der Waals surface area contributed by atoms with Gasteiger partial charge in [0.05, 0.1) is 0 Å². The van der Waals surface area contributed by atoms with Crippen LogP contribution in [0.4, 0.5) is 0 Å². The van der Waals surface area contributed by atoms with Crippen molar-refractivity contribution in [3.63, 3.8) is 0 Å². The fourth-order valence-corrected chi connectivity index (χ4v) is 5.12. The summed E-state index contributed by atoms with van der Waals surface area (Å²) in [7, 11) is 0. The van der Waals surface area contributed by atoms with E-state index in [4.69, 9.17) is 0 Å². The van der Waals surface area contributed by atoms with Crippen LogP contribution < -0.4 is 0 Å². The lowest BCUT2D eigenvalue weighted by atomic mass is 9.66. The lowest BCUT2D eigenvalue weighted by Gasteiger charge is -2.36. The van der Waals surface area contributed by atoms with Crippen molar-refractivity contribution in [3.8, 4) is 28.4 Å². The Kier molecular flexibility index (Phi) is 6.14. The molecule has 4 aromatic carbocycles. The van der Waals surface area contributed by atoms with Gasteiger partial charge in [-0.3, -0.25) is 0 Å². The maximum Gasteiger partial charge on any atom is 0.121 e. The maximum absolute atomic E-state index is 10.5. The summed E-state index contributed by atoms with van der Waals surface area (Å²) >= 11 is 0. The zero-order valence-corrected chi connectivity index (χ0v) is 20.5. The Morgan fingerprint density at radius 3 is 1.24 bits per heavy atom. The average molecular weight is 453 g/mol. The number of hydrogen-bond acceptors (Lipinski definition) is 3. The van der Waals surface area contributed by atoms with Crippen molar-refractivity contribution in [2.45, 2.75) is 46.5 Å². The zero-order chi connectivity index (χ0) is 24.6. The molecule has 0 fully saturated rings. The topological polar surface area (TPSA) is 60.7 Å². The molecule has 3 N–H and O–H groups in total. The molecule has 3 heteroatoms. The quantitative estimate of drug-likeness (QED) is 0.276. The van der Waals surface area contributed by atoms with Gasteiger partial charge >= 0.3 is 0 Å². The number of phenolic OH excluding ortho intramolecular Hbond substituents is 3. The predicted molar refractivity (Wildman–Crippen MR) is 139 cm³/mol. The Bertz CT molecular complexity index is 1230. The first-order chi connectivity index (χ1) is 16.2. The van der Waals surface area contributed by atoms with Gasteiger partial charge in [-0.15, -0.1) is 0 Å². The van der Waals surface area contributed by atoms with E-state index in [1.54, 1.807) is 12.1 Å². The smallest absolute Gasteiger partial charge is 0.121 e. The lowest BCUT2D eigenvalue weighted by molar-refractivity contribution is 0.464. The fourth-order valence-electron chi connectivity index (χ4n) is 5.12. The number of aryl methyl sites for hydroxylation is 4. The Morgan fingerprint density at radius 2 is 0.882 bits per heavy atom. The summed E-state index contributed by atoms with van der Waals surface area (Å²) in [6.45, 7) is 9.94. The van der Waals surface area contributed by atoms with Gasteiger partial charge in [-0.25, -0.2) is 0 Å². The van der Waals surface area contributed by atoms with E-state index in [0.717, 1.165) is 56.5 Å². The number of rotatable bonds is 5. The standard InChI is InChI=1S/C31H32O3/c1-6-31(26-15-19(2)29(33)20(3)16-26,27-17-21(4)30(34)22(5)18-27)25-11-7-23(8-12-25)24-9-13-28(32)14-10-24/h7-18,32-34H,6H2,1-5H3. The molecular weight excluding hydrogens is 420 g/mol. The van der Waals surface area contributed by atoms with Crippen LogP contribution in [0, 0.1) is 27.7 Å². The van der Waals surface area contributed by atoms with E-state index in [-0.39, 0.29) is 5.75 Å². The number of benzene rings is 4. The Hall–Kier alpha value is -3.72. The Morgan fingerprint density at radius 1 is 0.529 bits per heavy atom. The van der Waals surface area contributed by atoms with E-state index >= 15 is 0 Å². The van der Waals surface area contributed by atoms with Gasteiger partial charge in [0.1, 0.15) is 17.2 Å². The molecular formula is C31H32O3. The highest BCUT2D eigenvalue weighted by Gasteiger charge is 2.36. The summed E-state index contributed by atoms with van der Waals surface area (Å²) in [5.41, 5.74) is 8.42. The van der Waals surface area contributed by atoms with E-state index in [1.807, 2.05) is 39.8 Å². The van der Waals surface area contributed by atoms with Gasteiger partial charge in [-0.05, 0) is 96.3 Å². The van der Waals surface area contributed by atoms with Crippen LogP contribution in [-0.2, 0) is 5.41 Å². The normalized spacial score (nSPS) is 11.6. The van der Waals surface area contributed by atoms with Crippen molar-refractivity contribution >= 4 is 0 Å². The number of hydrogen-bond donors (Lipinski definition) is 3. The third-order valence-corrected chi connectivity index (χ3v) is 7.08. The van der Waals surface area contributed by atoms with E-state index < -0.39 is 5.41 Å². The van der Waals surface area contributed by atoms with Crippen molar-refractivity contribution in [2.24, 2.45) is 0 Å². The van der Waals surface area contributed by atoms with E-state index in [2.05, 4.69) is 55.5 Å². The molecule has 174 valence electrons. The molecule has 0 saturated carbocycles. The molecule has 34 heavy (non-hydrogen) atoms. The molecule has 0 atom stereocenters. The molecule has 0 aliphatic heterocycles. The van der Waals surface area contributed by atoms with Gasteiger partial charge in [-0.2, -0.15) is 0 Å². The highest BCUT2D eigenvalue weighted by molar-refractivity contribution is 5.66. The van der Waals surface area contributed by atoms with Crippen LogP contribution in [-0.4, -0.2) is 15.3 Å². The van der Waals surface area contributed by atoms with Crippen LogP contribution in [0.2, 0.25) is 0 Å². The van der Waals surface area contributed by atoms with Crippen molar-refractivity contribution in [1.82, 2.24) is 0 Å². The second-order valence-electron chi connectivity index (χ2n) is 9.30. The zero-order valence-electron chi connectivity index (χ0n) is 20.5. The Balaban J connectivity index is 1.97. The van der Waals surface area contributed by atoms with Crippen LogP contribution in [0.25, 0.3) is 11.1 Å². The molecule has 0 radical (unpaired) electrons. The molecule has 0 aliphatic rings. The molecule has 0 heterocycles. The van der Waals surface area contributed by atoms with Gasteiger partial charge < -0.3 is 15.3 Å². The number of aromatic hydroxyl groups is 3. The largest absolute Gasteiger partial charge is 0.508 e. The maximum atomic E-state index is 10.5. The minimum atomic E-state index is -0.458. The summed E-state index contributed by atoms with van der Waals surface area (Å²) in [5, 5.41) is 30.6. The monoisotopic (exact) mass is 452 g/mol. The van der Waals surface area contributed by atoms with Crippen molar-refractivity contribution < 1.29 is 15.3 Å². The molecule has 0 amide bonds. The first kappa shape index (κ1) is 23.4. The molecule has 0 spiro atoms. The summed E-state index contributed by atoms with van der Waals surface area (Å²) in [4.78, 5) is 0. The summed E-state index contributed by atoms with van der Waals surface area (Å²) in [5.74, 6) is 0.908. The molecule has 0 unspecified atom stereocenters. The third-order valence-electron chi connectivity index (χ3n) is 7.08. The van der Waals surface area contributed by atoms with Gasteiger partial charge in [0.15, 0.2) is 0 Å². The second kappa shape index (κ2) is 8.90. The van der Waals surface area contributed by atoms with Crippen molar-refractivity contribution in [1.29, 1.82) is 0 Å². The molecule has 4 rings (SSSR count). The predicted octanol–water partition coefficient (Wildman–Crippen LogP) is 7.45. The lowest BCUT2D eigenvalue weighted by Crippen LogP contribution is -2.29. The fraction of sp³-hybridized carbons (Fsp3) is 0.226.